The molecule has 0 saturated carbocycles. The first-order valence-electron chi connectivity index (χ1n) is 2.98. The van der Waals surface area contributed by atoms with E-state index in [1.165, 1.54) is 6.07 Å². The highest BCUT2D eigenvalue weighted by atomic mass is 35.5. The third-order valence-electron chi connectivity index (χ3n) is 1.24. The first-order valence-corrected chi connectivity index (χ1v) is 4.11. The zero-order valence-corrected chi connectivity index (χ0v) is 8.03. The van der Waals surface area contributed by atoms with Crippen molar-refractivity contribution >= 4 is 40.0 Å². The lowest BCUT2D eigenvalue weighted by atomic mass is 10.2. The highest BCUT2D eigenvalue weighted by Crippen LogP contribution is 2.22. The number of rotatable bonds is 1. The van der Waals surface area contributed by atoms with Crippen molar-refractivity contribution in [2.45, 2.75) is 0 Å². The topological polar surface area (TPSA) is 32.6 Å². The zero-order valence-electron chi connectivity index (χ0n) is 5.76. The molecule has 1 aromatic carbocycles. The number of oxime groups is 1. The molecule has 0 unspecified atom stereocenters. The summed E-state index contributed by atoms with van der Waals surface area (Å²) in [6.07, 6.45) is 0. The van der Waals surface area contributed by atoms with Gasteiger partial charge in [-0.3, -0.25) is 0 Å². The predicted octanol–water partition coefficient (Wildman–Crippen LogP) is 3.37. The summed E-state index contributed by atoms with van der Waals surface area (Å²) >= 11 is 16.9. The van der Waals surface area contributed by atoms with Crippen LogP contribution in [-0.4, -0.2) is 10.4 Å². The third-order valence-corrected chi connectivity index (χ3v) is 2.07. The minimum absolute atomic E-state index is 0.0586. The summed E-state index contributed by atoms with van der Waals surface area (Å²) < 4.78 is 0. The lowest BCUT2D eigenvalue weighted by molar-refractivity contribution is 0.321. The smallest absolute Gasteiger partial charge is 0.176 e. The van der Waals surface area contributed by atoms with Gasteiger partial charge >= 0.3 is 0 Å². The van der Waals surface area contributed by atoms with Crippen LogP contribution in [0.15, 0.2) is 23.4 Å². The van der Waals surface area contributed by atoms with Gasteiger partial charge in [0.05, 0.1) is 5.02 Å². The molecule has 0 amide bonds. The van der Waals surface area contributed by atoms with Gasteiger partial charge in [0.15, 0.2) is 5.17 Å². The van der Waals surface area contributed by atoms with E-state index in [1.54, 1.807) is 12.1 Å². The molecule has 0 bridgehead atoms. The van der Waals surface area contributed by atoms with Crippen molar-refractivity contribution in [3.8, 4) is 0 Å². The summed E-state index contributed by atoms with van der Waals surface area (Å²) in [7, 11) is 0. The number of nitrogens with zero attached hydrogens (tertiary/aromatic N) is 1. The maximum Gasteiger partial charge on any atom is 0.176 e. The molecule has 0 saturated heterocycles. The summed E-state index contributed by atoms with van der Waals surface area (Å²) in [4.78, 5) is 0. The molecule has 0 aliphatic carbocycles. The van der Waals surface area contributed by atoms with Gasteiger partial charge < -0.3 is 5.21 Å². The van der Waals surface area contributed by atoms with E-state index in [9.17, 15) is 0 Å². The highest BCUT2D eigenvalue weighted by Gasteiger charge is 2.05. The lowest BCUT2D eigenvalue weighted by Gasteiger charge is -1.99. The molecule has 0 radical (unpaired) electrons. The standard InChI is InChI=1S/C7H4Cl3NO/c8-4-1-2-5(6(9)3-4)7(10)11-12/h1-3,12H. The van der Waals surface area contributed by atoms with Gasteiger partial charge in [0, 0.05) is 10.6 Å². The van der Waals surface area contributed by atoms with Crippen molar-refractivity contribution in [2.24, 2.45) is 5.16 Å². The summed E-state index contributed by atoms with van der Waals surface area (Å²) in [5, 5.41) is 11.9. The van der Waals surface area contributed by atoms with Gasteiger partial charge in [0.2, 0.25) is 0 Å². The van der Waals surface area contributed by atoms with Crippen LogP contribution in [0, 0.1) is 0 Å². The molecular formula is C7H4Cl3NO. The predicted molar refractivity (Wildman–Crippen MR) is 50.6 cm³/mol. The Hall–Kier alpha value is -0.440. The summed E-state index contributed by atoms with van der Waals surface area (Å²) in [5.41, 5.74) is 0.449. The fraction of sp³-hybridized carbons (Fsp3) is 0. The fourth-order valence-corrected chi connectivity index (χ4v) is 1.42. The Kier molecular flexibility index (Phi) is 3.20. The molecule has 5 heteroatoms. The minimum Gasteiger partial charge on any atom is -0.410 e. The van der Waals surface area contributed by atoms with Gasteiger partial charge in [-0.15, -0.1) is 0 Å². The van der Waals surface area contributed by atoms with Gasteiger partial charge in [-0.2, -0.15) is 0 Å². The van der Waals surface area contributed by atoms with Gasteiger partial charge in [0.1, 0.15) is 0 Å². The number of benzene rings is 1. The molecule has 1 N–H and O–H groups in total. The molecule has 0 spiro atoms. The largest absolute Gasteiger partial charge is 0.410 e. The van der Waals surface area contributed by atoms with Crippen LogP contribution in [0.1, 0.15) is 5.56 Å². The molecule has 0 fully saturated rings. The molecule has 0 aliphatic heterocycles. The van der Waals surface area contributed by atoms with Crippen LogP contribution in [0.3, 0.4) is 0 Å². The highest BCUT2D eigenvalue weighted by molar-refractivity contribution is 6.70. The lowest BCUT2D eigenvalue weighted by Crippen LogP contribution is -1.91. The molecule has 0 atom stereocenters. The Morgan fingerprint density at radius 2 is 2.00 bits per heavy atom. The Morgan fingerprint density at radius 1 is 1.33 bits per heavy atom. The van der Waals surface area contributed by atoms with Crippen LogP contribution in [0.2, 0.25) is 10.0 Å². The molecule has 1 rings (SSSR count). The molecule has 0 aromatic heterocycles. The average molecular weight is 224 g/mol. The van der Waals surface area contributed by atoms with Gasteiger partial charge in [0.25, 0.3) is 0 Å². The van der Waals surface area contributed by atoms with E-state index in [-0.39, 0.29) is 5.17 Å². The van der Waals surface area contributed by atoms with E-state index in [1.807, 2.05) is 0 Å². The monoisotopic (exact) mass is 223 g/mol. The van der Waals surface area contributed by atoms with Crippen LogP contribution < -0.4 is 0 Å². The second-order valence-electron chi connectivity index (χ2n) is 2.01. The number of hydrogen-bond acceptors (Lipinski definition) is 2. The maximum atomic E-state index is 8.35. The van der Waals surface area contributed by atoms with E-state index in [4.69, 9.17) is 40.0 Å². The van der Waals surface area contributed by atoms with Crippen molar-refractivity contribution in [2.75, 3.05) is 0 Å². The van der Waals surface area contributed by atoms with Crippen molar-refractivity contribution in [1.29, 1.82) is 0 Å². The Balaban J connectivity index is 3.18. The minimum atomic E-state index is -0.0586. The van der Waals surface area contributed by atoms with Crippen molar-refractivity contribution in [1.82, 2.24) is 0 Å². The van der Waals surface area contributed by atoms with E-state index in [2.05, 4.69) is 5.16 Å². The first kappa shape index (κ1) is 9.65. The molecule has 0 heterocycles. The van der Waals surface area contributed by atoms with Crippen molar-refractivity contribution in [3.63, 3.8) is 0 Å². The van der Waals surface area contributed by atoms with Gasteiger partial charge in [-0.25, -0.2) is 0 Å². The quantitative estimate of drug-likeness (QED) is 0.443. The van der Waals surface area contributed by atoms with Crippen molar-refractivity contribution in [3.05, 3.63) is 33.8 Å². The van der Waals surface area contributed by atoms with Gasteiger partial charge in [-0.05, 0) is 18.2 Å². The Labute approximate surface area is 84.3 Å². The van der Waals surface area contributed by atoms with Crippen LogP contribution in [0.4, 0.5) is 0 Å². The molecular weight excluding hydrogens is 220 g/mol. The molecule has 0 aliphatic rings. The molecule has 2 nitrogen and oxygen atoms in total. The summed E-state index contributed by atoms with van der Waals surface area (Å²) in [5.74, 6) is 0. The Morgan fingerprint density at radius 3 is 2.50 bits per heavy atom. The molecule has 64 valence electrons. The zero-order chi connectivity index (χ0) is 9.14. The van der Waals surface area contributed by atoms with E-state index in [0.717, 1.165) is 0 Å². The normalized spacial score (nSPS) is 11.8. The van der Waals surface area contributed by atoms with Crippen LogP contribution in [0.5, 0.6) is 0 Å². The van der Waals surface area contributed by atoms with E-state index in [0.29, 0.717) is 15.6 Å². The second kappa shape index (κ2) is 3.99. The number of hydrogen-bond donors (Lipinski definition) is 1. The van der Waals surface area contributed by atoms with Crippen LogP contribution in [-0.2, 0) is 0 Å². The van der Waals surface area contributed by atoms with Gasteiger partial charge in [-0.1, -0.05) is 40.0 Å². The van der Waals surface area contributed by atoms with E-state index >= 15 is 0 Å². The van der Waals surface area contributed by atoms with Crippen molar-refractivity contribution < 1.29 is 5.21 Å². The Bertz CT molecular complexity index is 324. The molecule has 1 aromatic rings. The second-order valence-corrected chi connectivity index (χ2v) is 3.22. The summed E-state index contributed by atoms with van der Waals surface area (Å²) in [6, 6.07) is 4.70. The SMILES string of the molecule is ON=C(Cl)c1ccc(Cl)cc1Cl. The van der Waals surface area contributed by atoms with Crippen LogP contribution >= 0.6 is 34.8 Å². The number of halogens is 3. The summed E-state index contributed by atoms with van der Waals surface area (Å²) in [6.45, 7) is 0. The van der Waals surface area contributed by atoms with E-state index < -0.39 is 0 Å². The average Bonchev–Trinajstić information content (AvgIpc) is 2.03. The van der Waals surface area contributed by atoms with Crippen LogP contribution in [0.25, 0.3) is 0 Å². The molecule has 12 heavy (non-hydrogen) atoms. The first-order chi connectivity index (χ1) is 5.65. The fourth-order valence-electron chi connectivity index (χ4n) is 0.711. The third kappa shape index (κ3) is 2.03. The maximum absolute atomic E-state index is 8.35.